The second-order valence-corrected chi connectivity index (χ2v) is 15.7. The van der Waals surface area contributed by atoms with Gasteiger partial charge < -0.3 is 4.90 Å². The van der Waals surface area contributed by atoms with E-state index in [9.17, 15) is 4.39 Å². The van der Waals surface area contributed by atoms with E-state index >= 15 is 0 Å². The summed E-state index contributed by atoms with van der Waals surface area (Å²) in [5.74, 6) is -0.261. The topological polar surface area (TPSA) is 3.24 Å². The fourth-order valence-corrected chi connectivity index (χ4v) is 10.8. The zero-order valence-corrected chi connectivity index (χ0v) is 31.6. The summed E-state index contributed by atoms with van der Waals surface area (Å²) >= 11 is 0. The molecule has 0 bridgehead atoms. The van der Waals surface area contributed by atoms with Crippen LogP contribution >= 0.6 is 0 Å². The maximum absolute atomic E-state index is 14.8. The zero-order chi connectivity index (χ0) is 38.4. The first-order chi connectivity index (χ1) is 28.7. The van der Waals surface area contributed by atoms with Gasteiger partial charge in [0.2, 0.25) is 0 Å². The Morgan fingerprint density at radius 3 is 1.03 bits per heavy atom. The predicted octanol–water partition coefficient (Wildman–Crippen LogP) is 14.0. The van der Waals surface area contributed by atoms with Crippen LogP contribution in [-0.4, -0.2) is 0 Å². The van der Waals surface area contributed by atoms with Crippen LogP contribution in [0, 0.1) is 5.82 Å². The fourth-order valence-electron chi connectivity index (χ4n) is 10.8. The molecule has 0 saturated heterocycles. The number of benzene rings is 9. The molecule has 9 aromatic rings. The zero-order valence-electron chi connectivity index (χ0n) is 31.6. The molecule has 0 radical (unpaired) electrons. The fraction of sp³-hybridized carbons (Fsp3) is 0.0357. The summed E-state index contributed by atoms with van der Waals surface area (Å²) in [6.07, 6.45) is 0. The Kier molecular flexibility index (Phi) is 7.01. The number of halogens is 1. The molecule has 272 valence electrons. The summed E-state index contributed by atoms with van der Waals surface area (Å²) in [5.41, 5.74) is 19.5. The van der Waals surface area contributed by atoms with Gasteiger partial charge in [0, 0.05) is 17.1 Å². The van der Waals surface area contributed by atoms with E-state index in [4.69, 9.17) is 0 Å². The highest BCUT2D eigenvalue weighted by atomic mass is 19.1. The molecular formula is C56H36FN. The summed E-state index contributed by atoms with van der Waals surface area (Å²) in [7, 11) is 0. The van der Waals surface area contributed by atoms with Gasteiger partial charge >= 0.3 is 0 Å². The van der Waals surface area contributed by atoms with E-state index < -0.39 is 10.8 Å². The third kappa shape index (κ3) is 4.29. The number of hydrogen-bond acceptors (Lipinski definition) is 1. The van der Waals surface area contributed by atoms with Crippen molar-refractivity contribution >= 4 is 17.1 Å². The summed E-state index contributed by atoms with van der Waals surface area (Å²) in [6, 6.07) is 78.2. The molecule has 0 amide bonds. The van der Waals surface area contributed by atoms with Gasteiger partial charge in [0.05, 0.1) is 10.8 Å². The SMILES string of the molecule is Fc1ccc(N(c2ccc3c(c2)C(c2ccccc2)(c2ccccc2)c2ccccc2-3)c2ccc3c(c2)C2(c4ccccc4-c4ccccc42)c2ccccc2-3)cc1. The third-order valence-corrected chi connectivity index (χ3v) is 13.0. The van der Waals surface area contributed by atoms with Gasteiger partial charge in [-0.3, -0.25) is 0 Å². The predicted molar refractivity (Wildman–Crippen MR) is 235 cm³/mol. The van der Waals surface area contributed by atoms with Crippen LogP contribution in [0.3, 0.4) is 0 Å². The molecule has 0 N–H and O–H groups in total. The number of nitrogens with zero attached hydrogens (tertiary/aromatic N) is 1. The Labute approximate surface area is 338 Å². The Hall–Kier alpha value is -7.29. The minimum atomic E-state index is -0.556. The molecule has 0 saturated carbocycles. The third-order valence-electron chi connectivity index (χ3n) is 13.0. The standard InChI is InChI=1S/C56H36FN/c57-39-27-29-40(30-28-39)58(41-31-33-47-45-21-7-11-23-49(45)55(53(47)35-41,37-15-3-1-4-16-37)38-17-5-2-6-18-38)42-32-34-48-46-22-10-14-26-52(46)56(54(48)36-42)50-24-12-8-19-43(50)44-20-9-13-25-51(44)56/h1-36H. The first kappa shape index (κ1) is 32.9. The molecule has 1 nitrogen and oxygen atoms in total. The molecule has 3 aliphatic rings. The second kappa shape index (κ2) is 12.4. The maximum Gasteiger partial charge on any atom is 0.123 e. The number of hydrogen-bond donors (Lipinski definition) is 0. The van der Waals surface area contributed by atoms with Gasteiger partial charge in [0.25, 0.3) is 0 Å². The van der Waals surface area contributed by atoms with Crippen molar-refractivity contribution in [3.05, 3.63) is 269 Å². The van der Waals surface area contributed by atoms with E-state index in [2.05, 4.69) is 199 Å². The van der Waals surface area contributed by atoms with E-state index in [1.807, 2.05) is 12.1 Å². The van der Waals surface area contributed by atoms with E-state index in [1.54, 1.807) is 12.1 Å². The Balaban J connectivity index is 1.13. The van der Waals surface area contributed by atoms with E-state index in [0.717, 1.165) is 17.1 Å². The average Bonchev–Trinajstić information content (AvgIpc) is 3.88. The smallest absolute Gasteiger partial charge is 0.123 e. The monoisotopic (exact) mass is 741 g/mol. The van der Waals surface area contributed by atoms with Crippen molar-refractivity contribution in [2.75, 3.05) is 4.90 Å². The number of anilines is 3. The molecule has 9 aromatic carbocycles. The summed E-state index contributed by atoms with van der Waals surface area (Å²) < 4.78 is 14.8. The largest absolute Gasteiger partial charge is 0.310 e. The lowest BCUT2D eigenvalue weighted by Gasteiger charge is -2.35. The highest BCUT2D eigenvalue weighted by molar-refractivity contribution is 5.97. The van der Waals surface area contributed by atoms with Crippen molar-refractivity contribution in [1.29, 1.82) is 0 Å². The molecule has 0 unspecified atom stereocenters. The van der Waals surface area contributed by atoms with Crippen molar-refractivity contribution < 1.29 is 4.39 Å². The molecule has 0 aromatic heterocycles. The van der Waals surface area contributed by atoms with Gasteiger partial charge in [-0.1, -0.05) is 170 Å². The lowest BCUT2D eigenvalue weighted by molar-refractivity contribution is 0.628. The Morgan fingerprint density at radius 2 is 0.603 bits per heavy atom. The molecule has 2 heteroatoms. The molecule has 12 rings (SSSR count). The maximum atomic E-state index is 14.8. The van der Waals surface area contributed by atoms with Gasteiger partial charge in [-0.25, -0.2) is 4.39 Å². The molecule has 0 atom stereocenters. The quantitative estimate of drug-likeness (QED) is 0.170. The van der Waals surface area contributed by atoms with Crippen molar-refractivity contribution in [1.82, 2.24) is 0 Å². The van der Waals surface area contributed by atoms with Crippen LogP contribution < -0.4 is 4.90 Å². The minimum Gasteiger partial charge on any atom is -0.310 e. The Bertz CT molecular complexity index is 2870. The molecule has 3 aliphatic carbocycles. The van der Waals surface area contributed by atoms with E-state index in [0.29, 0.717) is 0 Å². The number of rotatable bonds is 5. The molecular weight excluding hydrogens is 706 g/mol. The molecule has 0 heterocycles. The molecule has 0 fully saturated rings. The molecule has 58 heavy (non-hydrogen) atoms. The second-order valence-electron chi connectivity index (χ2n) is 15.7. The van der Waals surface area contributed by atoms with E-state index in [1.165, 1.54) is 77.9 Å². The van der Waals surface area contributed by atoms with Crippen LogP contribution in [0.4, 0.5) is 21.5 Å². The highest BCUT2D eigenvalue weighted by Gasteiger charge is 2.52. The van der Waals surface area contributed by atoms with Crippen molar-refractivity contribution in [2.24, 2.45) is 0 Å². The summed E-state index contributed by atoms with van der Waals surface area (Å²) in [5, 5.41) is 0. The van der Waals surface area contributed by atoms with Crippen molar-refractivity contribution in [3.63, 3.8) is 0 Å². The first-order valence-corrected chi connectivity index (χ1v) is 20.0. The van der Waals surface area contributed by atoms with Gasteiger partial charge in [-0.05, 0) is 126 Å². The van der Waals surface area contributed by atoms with Gasteiger partial charge in [-0.2, -0.15) is 0 Å². The van der Waals surface area contributed by atoms with Crippen LogP contribution in [-0.2, 0) is 10.8 Å². The van der Waals surface area contributed by atoms with E-state index in [-0.39, 0.29) is 5.82 Å². The van der Waals surface area contributed by atoms with Crippen LogP contribution in [0.25, 0.3) is 33.4 Å². The number of fused-ring (bicyclic) bond motifs is 13. The first-order valence-electron chi connectivity index (χ1n) is 20.0. The van der Waals surface area contributed by atoms with Gasteiger partial charge in [-0.15, -0.1) is 0 Å². The van der Waals surface area contributed by atoms with Gasteiger partial charge in [0.15, 0.2) is 0 Å². The van der Waals surface area contributed by atoms with Crippen LogP contribution in [0.1, 0.15) is 44.5 Å². The Morgan fingerprint density at radius 1 is 0.276 bits per heavy atom. The van der Waals surface area contributed by atoms with Crippen molar-refractivity contribution in [2.45, 2.75) is 10.8 Å². The summed E-state index contributed by atoms with van der Waals surface area (Å²) in [4.78, 5) is 2.31. The van der Waals surface area contributed by atoms with Gasteiger partial charge in [0.1, 0.15) is 5.82 Å². The molecule has 0 aliphatic heterocycles. The minimum absolute atomic E-state index is 0.261. The lowest BCUT2D eigenvalue weighted by atomic mass is 9.67. The lowest BCUT2D eigenvalue weighted by Crippen LogP contribution is -2.28. The normalized spacial score (nSPS) is 14.2. The average molecular weight is 742 g/mol. The molecule has 1 spiro atoms. The van der Waals surface area contributed by atoms with Crippen LogP contribution in [0.15, 0.2) is 218 Å². The van der Waals surface area contributed by atoms with Crippen LogP contribution in [0.5, 0.6) is 0 Å². The highest BCUT2D eigenvalue weighted by Crippen LogP contribution is 2.64. The van der Waals surface area contributed by atoms with Crippen LogP contribution in [0.2, 0.25) is 0 Å². The van der Waals surface area contributed by atoms with Crippen molar-refractivity contribution in [3.8, 4) is 33.4 Å². The summed E-state index contributed by atoms with van der Waals surface area (Å²) in [6.45, 7) is 0.